The minimum absolute atomic E-state index is 0.0924. The van der Waals surface area contributed by atoms with Crippen LogP contribution in [0, 0.1) is 0 Å². The molecule has 0 unspecified atom stereocenters. The third-order valence-electron chi connectivity index (χ3n) is 6.65. The maximum Gasteiger partial charge on any atom is 0.416 e. The van der Waals surface area contributed by atoms with Crippen molar-refractivity contribution in [3.8, 4) is 0 Å². The molecule has 1 amide bonds. The first-order valence-corrected chi connectivity index (χ1v) is 12.3. The third kappa shape index (κ3) is 4.67. The Morgan fingerprint density at radius 2 is 1.51 bits per heavy atom. The largest absolute Gasteiger partial charge is 0.468 e. The molecule has 4 rings (SSSR count). The lowest BCUT2D eigenvalue weighted by Crippen LogP contribution is -2.50. The molecular weight excluding hydrogens is 530 g/mol. The van der Waals surface area contributed by atoms with Gasteiger partial charge in [-0.25, -0.2) is 8.42 Å². The molecule has 2 heterocycles. The molecule has 7 nitrogen and oxygen atoms in total. The van der Waals surface area contributed by atoms with Crippen LogP contribution in [0.5, 0.6) is 0 Å². The molecule has 1 saturated heterocycles. The average Bonchev–Trinajstić information content (AvgIpc) is 3.05. The molecule has 2 aliphatic rings. The molecule has 200 valence electrons. The van der Waals surface area contributed by atoms with Crippen molar-refractivity contribution in [2.45, 2.75) is 35.5 Å². The summed E-state index contributed by atoms with van der Waals surface area (Å²) in [6.07, 6.45) is -10.6. The Kier molecular flexibility index (Phi) is 6.56. The summed E-state index contributed by atoms with van der Waals surface area (Å²) in [6, 6.07) is 6.80. The summed E-state index contributed by atoms with van der Waals surface area (Å²) in [5.41, 5.74) is -3.69. The van der Waals surface area contributed by atoms with Crippen LogP contribution in [0.1, 0.15) is 29.5 Å². The van der Waals surface area contributed by atoms with E-state index in [-0.39, 0.29) is 50.7 Å². The van der Waals surface area contributed by atoms with Gasteiger partial charge < -0.3 is 9.64 Å². The molecule has 1 fully saturated rings. The number of nitrogens with zero attached hydrogens (tertiary/aromatic N) is 2. The number of benzene rings is 2. The highest BCUT2D eigenvalue weighted by molar-refractivity contribution is 7.89. The molecule has 2 aromatic carbocycles. The number of carbonyl (C=O) groups is 2. The van der Waals surface area contributed by atoms with E-state index < -0.39 is 55.7 Å². The van der Waals surface area contributed by atoms with Gasteiger partial charge >= 0.3 is 18.3 Å². The first kappa shape index (κ1) is 26.9. The van der Waals surface area contributed by atoms with Gasteiger partial charge in [-0.15, -0.1) is 0 Å². The van der Waals surface area contributed by atoms with E-state index in [1.807, 2.05) is 0 Å². The second kappa shape index (κ2) is 9.01. The van der Waals surface area contributed by atoms with Gasteiger partial charge in [-0.05, 0) is 42.7 Å². The number of halogens is 6. The summed E-state index contributed by atoms with van der Waals surface area (Å²) in [4.78, 5) is 25.4. The Morgan fingerprint density at radius 1 is 0.973 bits per heavy atom. The number of rotatable bonds is 4. The number of anilines is 1. The van der Waals surface area contributed by atoms with Crippen molar-refractivity contribution in [2.24, 2.45) is 0 Å². The number of ether oxygens (including phenoxy) is 1. The molecule has 0 radical (unpaired) electrons. The number of hydrogen-bond donors (Lipinski definition) is 0. The van der Waals surface area contributed by atoms with Crippen LogP contribution in [0.2, 0.25) is 0 Å². The number of amides is 1. The first-order chi connectivity index (χ1) is 17.1. The van der Waals surface area contributed by atoms with Crippen LogP contribution in [0.15, 0.2) is 47.4 Å². The Bertz CT molecular complexity index is 1320. The van der Waals surface area contributed by atoms with E-state index >= 15 is 0 Å². The van der Waals surface area contributed by atoms with Crippen LogP contribution in [0.25, 0.3) is 0 Å². The van der Waals surface area contributed by atoms with Gasteiger partial charge in [0.15, 0.2) is 0 Å². The maximum absolute atomic E-state index is 13.4. The molecule has 0 bridgehead atoms. The summed E-state index contributed by atoms with van der Waals surface area (Å²) >= 11 is 0. The first-order valence-electron chi connectivity index (χ1n) is 10.9. The average molecular weight is 550 g/mol. The number of methoxy groups -OCH3 is 1. The van der Waals surface area contributed by atoms with E-state index in [2.05, 4.69) is 4.74 Å². The molecule has 37 heavy (non-hydrogen) atoms. The predicted octanol–water partition coefficient (Wildman–Crippen LogP) is 3.97. The number of esters is 1. The molecular formula is C23H20F6N2O5S. The highest BCUT2D eigenvalue weighted by Crippen LogP contribution is 2.48. The van der Waals surface area contributed by atoms with Crippen LogP contribution < -0.4 is 4.90 Å². The Hall–Kier alpha value is -3.13. The second-order valence-corrected chi connectivity index (χ2v) is 10.7. The van der Waals surface area contributed by atoms with Crippen LogP contribution in [-0.2, 0) is 42.1 Å². The van der Waals surface area contributed by atoms with Crippen molar-refractivity contribution >= 4 is 27.6 Å². The van der Waals surface area contributed by atoms with Gasteiger partial charge in [-0.2, -0.15) is 30.6 Å². The highest BCUT2D eigenvalue weighted by Gasteiger charge is 2.53. The van der Waals surface area contributed by atoms with E-state index in [0.717, 1.165) is 11.4 Å². The van der Waals surface area contributed by atoms with Gasteiger partial charge in [-0.3, -0.25) is 9.59 Å². The smallest absolute Gasteiger partial charge is 0.416 e. The molecule has 0 atom stereocenters. The molecule has 0 N–H and O–H groups in total. The van der Waals surface area contributed by atoms with Crippen molar-refractivity contribution in [1.29, 1.82) is 0 Å². The zero-order valence-electron chi connectivity index (χ0n) is 19.2. The number of hydrogen-bond acceptors (Lipinski definition) is 5. The summed E-state index contributed by atoms with van der Waals surface area (Å²) in [5.74, 6) is -1.14. The monoisotopic (exact) mass is 550 g/mol. The molecule has 0 saturated carbocycles. The van der Waals surface area contributed by atoms with E-state index in [1.165, 1.54) is 4.90 Å². The van der Waals surface area contributed by atoms with E-state index in [0.29, 0.717) is 11.3 Å². The normalized spacial score (nSPS) is 18.2. The van der Waals surface area contributed by atoms with Crippen molar-refractivity contribution in [3.05, 3.63) is 59.2 Å². The predicted molar refractivity (Wildman–Crippen MR) is 117 cm³/mol. The van der Waals surface area contributed by atoms with Crippen molar-refractivity contribution in [1.82, 2.24) is 4.31 Å². The standard InChI is InChI=1S/C23H20F6N2O5S/c1-36-19(32)13-31-18-5-3-2-4-17(18)21(20(31)33)6-8-30(9-7-21)37(34,35)16-11-14(22(24,25)26)10-15(12-16)23(27,28)29/h2-5,10-12H,6-9,13H2,1H3. The lowest BCUT2D eigenvalue weighted by molar-refractivity contribution is -0.143. The maximum atomic E-state index is 13.4. The Morgan fingerprint density at radius 3 is 2.03 bits per heavy atom. The fraction of sp³-hybridized carbons (Fsp3) is 0.391. The summed E-state index contributed by atoms with van der Waals surface area (Å²) in [5, 5.41) is 0. The summed E-state index contributed by atoms with van der Waals surface area (Å²) < 4.78 is 111. The quantitative estimate of drug-likeness (QED) is 0.425. The van der Waals surface area contributed by atoms with E-state index in [9.17, 15) is 44.3 Å². The molecule has 2 aliphatic heterocycles. The summed E-state index contributed by atoms with van der Waals surface area (Å²) in [7, 11) is -3.61. The van der Waals surface area contributed by atoms with Gasteiger partial charge in [0.2, 0.25) is 15.9 Å². The second-order valence-electron chi connectivity index (χ2n) is 8.71. The van der Waals surface area contributed by atoms with E-state index in [4.69, 9.17) is 0 Å². The highest BCUT2D eigenvalue weighted by atomic mass is 32.2. The minimum atomic E-state index is -5.21. The van der Waals surface area contributed by atoms with Gasteiger partial charge in [0.05, 0.1) is 28.5 Å². The van der Waals surface area contributed by atoms with Crippen molar-refractivity contribution in [2.75, 3.05) is 31.6 Å². The zero-order chi connectivity index (χ0) is 27.4. The topological polar surface area (TPSA) is 84.0 Å². The Balaban J connectivity index is 1.66. The van der Waals surface area contributed by atoms with Gasteiger partial charge in [0.25, 0.3) is 0 Å². The number of carbonyl (C=O) groups excluding carboxylic acids is 2. The van der Waals surface area contributed by atoms with Gasteiger partial charge in [0, 0.05) is 18.8 Å². The van der Waals surface area contributed by atoms with Gasteiger partial charge in [-0.1, -0.05) is 18.2 Å². The molecule has 1 spiro atoms. The zero-order valence-corrected chi connectivity index (χ0v) is 20.0. The number of alkyl halides is 6. The van der Waals surface area contributed by atoms with Crippen LogP contribution in [-0.4, -0.2) is 51.3 Å². The number of piperidine rings is 1. The fourth-order valence-electron chi connectivity index (χ4n) is 4.76. The van der Waals surface area contributed by atoms with Crippen molar-refractivity contribution < 1.29 is 49.1 Å². The molecule has 0 aliphatic carbocycles. The lowest BCUT2D eigenvalue weighted by atomic mass is 9.74. The van der Waals surface area contributed by atoms with Crippen LogP contribution in [0.4, 0.5) is 32.0 Å². The molecule has 2 aromatic rings. The van der Waals surface area contributed by atoms with Crippen LogP contribution >= 0.6 is 0 Å². The SMILES string of the molecule is COC(=O)CN1C(=O)C2(CCN(S(=O)(=O)c3cc(C(F)(F)F)cc(C(F)(F)F)c3)CC2)c2ccccc21. The number of sulfonamides is 1. The van der Waals surface area contributed by atoms with Crippen LogP contribution in [0.3, 0.4) is 0 Å². The van der Waals surface area contributed by atoms with Crippen molar-refractivity contribution in [3.63, 3.8) is 0 Å². The summed E-state index contributed by atoms with van der Waals surface area (Å²) in [6.45, 7) is -1.06. The fourth-order valence-corrected chi connectivity index (χ4v) is 6.28. The lowest BCUT2D eigenvalue weighted by Gasteiger charge is -2.38. The molecule has 14 heteroatoms. The Labute approximate surface area is 207 Å². The minimum Gasteiger partial charge on any atom is -0.468 e. The van der Waals surface area contributed by atoms with E-state index in [1.54, 1.807) is 24.3 Å². The number of fused-ring (bicyclic) bond motifs is 2. The van der Waals surface area contributed by atoms with Gasteiger partial charge in [0.1, 0.15) is 6.54 Å². The number of para-hydroxylation sites is 1. The molecule has 0 aromatic heterocycles. The third-order valence-corrected chi connectivity index (χ3v) is 8.53.